The molecule has 3 aromatic heterocycles. The summed E-state index contributed by atoms with van der Waals surface area (Å²) in [5.41, 5.74) is 0.922. The minimum absolute atomic E-state index is 0.0101. The molecule has 5 aromatic rings. The Balaban J connectivity index is 1.18. The van der Waals surface area contributed by atoms with Crippen LogP contribution in [0.25, 0.3) is 39.0 Å². The lowest BCUT2D eigenvalue weighted by atomic mass is 9.95. The summed E-state index contributed by atoms with van der Waals surface area (Å²) in [5.74, 6) is 0.644. The minimum Gasteiger partial charge on any atom is -0.461 e. The molecule has 4 atom stereocenters. The van der Waals surface area contributed by atoms with Gasteiger partial charge in [-0.1, -0.05) is 36.3 Å². The Kier molecular flexibility index (Phi) is 8.94. The number of carbonyl (C=O) groups excluding carboxylic acids is 1. The molecule has 2 aromatic carbocycles. The van der Waals surface area contributed by atoms with Gasteiger partial charge in [-0.05, 0) is 56.3 Å². The van der Waals surface area contributed by atoms with Crippen LogP contribution in [0.4, 0.5) is 19.0 Å². The first kappa shape index (κ1) is 34.5. The molecule has 10 nitrogen and oxygen atoms in total. The van der Waals surface area contributed by atoms with Crippen LogP contribution in [0.1, 0.15) is 43.9 Å². The van der Waals surface area contributed by atoms with Gasteiger partial charge in [-0.3, -0.25) is 14.7 Å². The Morgan fingerprint density at radius 2 is 2.00 bits per heavy atom. The fourth-order valence-corrected chi connectivity index (χ4v) is 8.45. The van der Waals surface area contributed by atoms with Crippen molar-refractivity contribution in [3.63, 3.8) is 0 Å². The summed E-state index contributed by atoms with van der Waals surface area (Å²) < 4.78 is 53.1. The van der Waals surface area contributed by atoms with Crippen molar-refractivity contribution in [1.29, 1.82) is 0 Å². The molecular formula is C40H37F3N8O2. The van der Waals surface area contributed by atoms with E-state index in [1.807, 2.05) is 36.1 Å². The fraction of sp³-hybridized carbons (Fsp3) is 0.350. The Hall–Kier alpha value is -5.61. The van der Waals surface area contributed by atoms with Crippen LogP contribution < -0.4 is 9.64 Å². The standard InChI is InChI=1S/C40H37F3N8O2/c1-4-25-9-5-10-26-11-6-13-29(33(25)26)35-34(43)36-30(21-44-35)37(47-39(46-36)53-23-40-15-8-17-50(40)22-27(41)20-40)49(3)32-14-18-51(24(32)2)38(52)31(42)19-28-12-7-16-45-48-28/h1,5-7,9-13,16,19,21,24,27,32H,8,14-15,17-18,20,22-23H2,2-3H3/b31-19-/t24-,27+,32-,40-/m0/s1. The quantitative estimate of drug-likeness (QED) is 0.138. The molecular weight excluding hydrogens is 681 g/mol. The highest BCUT2D eigenvalue weighted by Crippen LogP contribution is 2.41. The number of terminal acetylenes is 1. The molecule has 8 rings (SSSR count). The van der Waals surface area contributed by atoms with Gasteiger partial charge in [0.15, 0.2) is 11.6 Å². The third-order valence-electron chi connectivity index (χ3n) is 11.1. The van der Waals surface area contributed by atoms with Crippen molar-refractivity contribution >= 4 is 39.5 Å². The molecule has 0 radical (unpaired) electrons. The van der Waals surface area contributed by atoms with Crippen molar-refractivity contribution in [3.05, 3.63) is 83.8 Å². The topological polar surface area (TPSA) is 100 Å². The molecule has 0 unspecified atom stereocenters. The number of carbonyl (C=O) groups is 1. The molecule has 3 saturated heterocycles. The van der Waals surface area contributed by atoms with Gasteiger partial charge in [-0.15, -0.1) is 6.42 Å². The average molecular weight is 719 g/mol. The van der Waals surface area contributed by atoms with Crippen LogP contribution in [0.2, 0.25) is 0 Å². The van der Waals surface area contributed by atoms with Crippen LogP contribution >= 0.6 is 0 Å². The maximum Gasteiger partial charge on any atom is 0.319 e. The molecule has 53 heavy (non-hydrogen) atoms. The number of aromatic nitrogens is 5. The number of halogens is 3. The van der Waals surface area contributed by atoms with Gasteiger partial charge in [0, 0.05) is 67.6 Å². The van der Waals surface area contributed by atoms with E-state index in [-0.39, 0.29) is 42.1 Å². The van der Waals surface area contributed by atoms with E-state index in [9.17, 15) is 9.18 Å². The molecule has 3 fully saturated rings. The highest BCUT2D eigenvalue weighted by atomic mass is 19.1. The molecule has 6 heterocycles. The summed E-state index contributed by atoms with van der Waals surface area (Å²) in [6.07, 6.45) is 11.5. The highest BCUT2D eigenvalue weighted by molar-refractivity contribution is 6.02. The van der Waals surface area contributed by atoms with Gasteiger partial charge in [-0.2, -0.15) is 20.2 Å². The van der Waals surface area contributed by atoms with Crippen LogP contribution in [0.5, 0.6) is 6.01 Å². The van der Waals surface area contributed by atoms with Gasteiger partial charge >= 0.3 is 6.01 Å². The number of likely N-dealkylation sites (tertiary alicyclic amines) is 1. The lowest BCUT2D eigenvalue weighted by molar-refractivity contribution is -0.129. The van der Waals surface area contributed by atoms with Gasteiger partial charge in [0.05, 0.1) is 22.7 Å². The molecule has 13 heteroatoms. The minimum atomic E-state index is -0.952. The fourth-order valence-electron chi connectivity index (χ4n) is 8.45. The van der Waals surface area contributed by atoms with E-state index in [1.54, 1.807) is 31.3 Å². The van der Waals surface area contributed by atoms with E-state index in [2.05, 4.69) is 31.0 Å². The third-order valence-corrected chi connectivity index (χ3v) is 11.1. The Morgan fingerprint density at radius 3 is 2.79 bits per heavy atom. The Morgan fingerprint density at radius 1 is 1.17 bits per heavy atom. The van der Waals surface area contributed by atoms with Crippen LogP contribution in [0.15, 0.2) is 66.8 Å². The number of hydrogen-bond acceptors (Lipinski definition) is 9. The van der Waals surface area contributed by atoms with E-state index in [1.165, 1.54) is 17.3 Å². The van der Waals surface area contributed by atoms with Gasteiger partial charge in [0.2, 0.25) is 0 Å². The molecule has 0 aliphatic carbocycles. The van der Waals surface area contributed by atoms with Crippen LogP contribution in [0.3, 0.4) is 0 Å². The van der Waals surface area contributed by atoms with E-state index >= 15 is 8.78 Å². The number of fused-ring (bicyclic) bond motifs is 3. The monoisotopic (exact) mass is 718 g/mol. The second-order valence-electron chi connectivity index (χ2n) is 14.1. The zero-order chi connectivity index (χ0) is 36.9. The predicted molar refractivity (Wildman–Crippen MR) is 196 cm³/mol. The first-order chi connectivity index (χ1) is 25.7. The first-order valence-corrected chi connectivity index (χ1v) is 17.7. The number of likely N-dealkylation sites (N-methyl/N-ethyl adjacent to an activating group) is 1. The van der Waals surface area contributed by atoms with Crippen molar-refractivity contribution in [2.75, 3.05) is 38.2 Å². The van der Waals surface area contributed by atoms with Crippen LogP contribution in [0, 0.1) is 18.2 Å². The molecule has 1 amide bonds. The molecule has 0 N–H and O–H groups in total. The molecule has 0 spiro atoms. The van der Waals surface area contributed by atoms with Crippen molar-refractivity contribution in [1.82, 2.24) is 34.9 Å². The molecule has 0 bridgehead atoms. The number of pyridine rings is 1. The summed E-state index contributed by atoms with van der Waals surface area (Å²) in [6.45, 7) is 3.41. The highest BCUT2D eigenvalue weighted by Gasteiger charge is 2.49. The van der Waals surface area contributed by atoms with Gasteiger partial charge in [0.25, 0.3) is 5.91 Å². The summed E-state index contributed by atoms with van der Waals surface area (Å²) >= 11 is 0. The summed E-state index contributed by atoms with van der Waals surface area (Å²) in [6, 6.07) is 13.4. The van der Waals surface area contributed by atoms with E-state index in [0.29, 0.717) is 47.1 Å². The van der Waals surface area contributed by atoms with Gasteiger partial charge in [-0.25, -0.2) is 13.2 Å². The van der Waals surface area contributed by atoms with Crippen molar-refractivity contribution in [2.24, 2.45) is 0 Å². The maximum absolute atomic E-state index is 17.0. The molecule has 0 saturated carbocycles. The van der Waals surface area contributed by atoms with Crippen LogP contribution in [-0.2, 0) is 4.79 Å². The SMILES string of the molecule is C#Cc1cccc2cccc(-c3ncc4c(N(C)[C@H]5CCN(C(=O)/C(F)=C/c6cccnn6)[C@H]5C)nc(OC[C@@]56CCCN5C[C@H](F)C6)nc4c3F)c12. The Bertz CT molecular complexity index is 2290. The van der Waals surface area contributed by atoms with Crippen LogP contribution in [-0.4, -0.2) is 97.9 Å². The first-order valence-electron chi connectivity index (χ1n) is 17.7. The van der Waals surface area contributed by atoms with Gasteiger partial charge < -0.3 is 14.5 Å². The number of hydrogen-bond donors (Lipinski definition) is 0. The number of benzene rings is 2. The van der Waals surface area contributed by atoms with E-state index < -0.39 is 35.3 Å². The van der Waals surface area contributed by atoms with Crippen molar-refractivity contribution in [2.45, 2.75) is 56.4 Å². The zero-order valence-corrected chi connectivity index (χ0v) is 29.3. The smallest absolute Gasteiger partial charge is 0.319 e. The number of alkyl halides is 1. The summed E-state index contributed by atoms with van der Waals surface area (Å²) in [5, 5.41) is 9.45. The number of amides is 1. The number of rotatable bonds is 8. The second kappa shape index (κ2) is 13.7. The molecule has 3 aliphatic rings. The van der Waals surface area contributed by atoms with E-state index in [4.69, 9.17) is 16.1 Å². The largest absolute Gasteiger partial charge is 0.461 e. The maximum atomic E-state index is 17.0. The van der Waals surface area contributed by atoms with Crippen molar-refractivity contribution < 1.29 is 22.7 Å². The normalized spacial score (nSPS) is 23.1. The lowest BCUT2D eigenvalue weighted by Gasteiger charge is -2.33. The summed E-state index contributed by atoms with van der Waals surface area (Å²) in [4.78, 5) is 32.7. The second-order valence-corrected chi connectivity index (χ2v) is 14.1. The van der Waals surface area contributed by atoms with Crippen molar-refractivity contribution in [3.8, 4) is 29.6 Å². The third kappa shape index (κ3) is 6.10. The molecule has 270 valence electrons. The number of anilines is 1. The summed E-state index contributed by atoms with van der Waals surface area (Å²) in [7, 11) is 1.80. The molecule has 3 aliphatic heterocycles. The zero-order valence-electron chi connectivity index (χ0n) is 29.3. The Labute approximate surface area is 304 Å². The van der Waals surface area contributed by atoms with E-state index in [0.717, 1.165) is 30.8 Å². The predicted octanol–water partition coefficient (Wildman–Crippen LogP) is 6.15. The average Bonchev–Trinajstić information content (AvgIpc) is 3.84. The van der Waals surface area contributed by atoms with Gasteiger partial charge in [0.1, 0.15) is 29.8 Å². The lowest BCUT2D eigenvalue weighted by Crippen LogP contribution is -2.44. The number of ether oxygens (including phenoxy) is 1. The number of nitrogens with zero attached hydrogens (tertiary/aromatic N) is 8.